The summed E-state index contributed by atoms with van der Waals surface area (Å²) >= 11 is 0. The zero-order chi connectivity index (χ0) is 14.0. The van der Waals surface area contributed by atoms with Crippen LogP contribution < -0.4 is 15.8 Å². The van der Waals surface area contributed by atoms with Gasteiger partial charge in [-0.15, -0.1) is 0 Å². The normalized spacial score (nSPS) is 20.9. The van der Waals surface area contributed by atoms with Crippen molar-refractivity contribution < 1.29 is 4.74 Å². The van der Waals surface area contributed by atoms with Gasteiger partial charge in [0.05, 0.1) is 12.3 Å². The molecule has 0 unspecified atom stereocenters. The van der Waals surface area contributed by atoms with Crippen LogP contribution in [0.3, 0.4) is 0 Å². The van der Waals surface area contributed by atoms with E-state index in [-0.39, 0.29) is 0 Å². The summed E-state index contributed by atoms with van der Waals surface area (Å²) in [5.41, 5.74) is 6.97. The maximum atomic E-state index is 5.93. The second-order valence-electron chi connectivity index (χ2n) is 6.72. The molecule has 110 valence electrons. The quantitative estimate of drug-likeness (QED) is 0.835. The number of hydrogen-bond acceptors (Lipinski definition) is 4. The van der Waals surface area contributed by atoms with Crippen LogP contribution in [0.15, 0.2) is 12.1 Å². The molecular weight excluding hydrogens is 250 g/mol. The van der Waals surface area contributed by atoms with Crippen LogP contribution in [0.4, 0.5) is 11.5 Å². The van der Waals surface area contributed by atoms with Crippen molar-refractivity contribution in [2.45, 2.75) is 45.4 Å². The maximum absolute atomic E-state index is 5.93. The average Bonchev–Trinajstić information content (AvgIpc) is 3.17. The first-order chi connectivity index (χ1) is 9.65. The van der Waals surface area contributed by atoms with Gasteiger partial charge in [-0.1, -0.05) is 19.8 Å². The van der Waals surface area contributed by atoms with Gasteiger partial charge in [-0.05, 0) is 49.1 Å². The van der Waals surface area contributed by atoms with Crippen LogP contribution >= 0.6 is 0 Å². The maximum Gasteiger partial charge on any atom is 0.239 e. The number of anilines is 2. The summed E-state index contributed by atoms with van der Waals surface area (Å²) in [6, 6.07) is 3.83. The molecular formula is C16H25N3O. The Kier molecular flexibility index (Phi) is 3.72. The number of hydrogen-bond donors (Lipinski definition) is 2. The summed E-state index contributed by atoms with van der Waals surface area (Å²) in [4.78, 5) is 4.51. The lowest BCUT2D eigenvalue weighted by Crippen LogP contribution is -2.23. The van der Waals surface area contributed by atoms with E-state index < -0.39 is 0 Å². The fourth-order valence-corrected chi connectivity index (χ4v) is 2.86. The Morgan fingerprint density at radius 2 is 2.10 bits per heavy atom. The minimum absolute atomic E-state index is 0.415. The third-order valence-corrected chi connectivity index (χ3v) is 4.55. The van der Waals surface area contributed by atoms with Crippen molar-refractivity contribution in [3.05, 3.63) is 12.1 Å². The molecule has 0 bridgehead atoms. The van der Waals surface area contributed by atoms with Crippen LogP contribution in [0.1, 0.15) is 45.4 Å². The van der Waals surface area contributed by atoms with Crippen molar-refractivity contribution in [3.8, 4) is 5.88 Å². The number of aromatic nitrogens is 1. The molecule has 0 atom stereocenters. The lowest BCUT2D eigenvalue weighted by Gasteiger charge is -2.24. The Labute approximate surface area is 121 Å². The SMILES string of the molecule is CC1(CNc2ccc(N)c(OCC3CC3)n2)CCCC1. The van der Waals surface area contributed by atoms with Crippen LogP contribution in [-0.2, 0) is 0 Å². The van der Waals surface area contributed by atoms with Gasteiger partial charge < -0.3 is 15.8 Å². The van der Waals surface area contributed by atoms with Crippen LogP contribution in [0.5, 0.6) is 5.88 Å². The fourth-order valence-electron chi connectivity index (χ4n) is 2.86. The molecule has 0 amide bonds. The summed E-state index contributed by atoms with van der Waals surface area (Å²) in [6.07, 6.45) is 7.86. The molecule has 4 nitrogen and oxygen atoms in total. The second kappa shape index (κ2) is 5.51. The molecule has 20 heavy (non-hydrogen) atoms. The highest BCUT2D eigenvalue weighted by molar-refractivity contribution is 5.53. The number of ether oxygens (including phenoxy) is 1. The van der Waals surface area contributed by atoms with E-state index in [1.54, 1.807) is 0 Å². The standard InChI is InChI=1S/C16H25N3O/c1-16(8-2-3-9-16)11-18-14-7-6-13(17)15(19-14)20-10-12-4-5-12/h6-7,12H,2-5,8-11,17H2,1H3,(H,18,19). The van der Waals surface area contributed by atoms with Crippen molar-refractivity contribution >= 4 is 11.5 Å². The molecule has 0 aliphatic heterocycles. The summed E-state index contributed by atoms with van der Waals surface area (Å²) in [7, 11) is 0. The van der Waals surface area contributed by atoms with Gasteiger partial charge in [-0.3, -0.25) is 0 Å². The van der Waals surface area contributed by atoms with E-state index in [1.165, 1.54) is 38.5 Å². The zero-order valence-corrected chi connectivity index (χ0v) is 12.3. The minimum atomic E-state index is 0.415. The fraction of sp³-hybridized carbons (Fsp3) is 0.688. The molecule has 2 aliphatic carbocycles. The van der Waals surface area contributed by atoms with Gasteiger partial charge in [0, 0.05) is 6.54 Å². The van der Waals surface area contributed by atoms with Gasteiger partial charge in [-0.25, -0.2) is 0 Å². The van der Waals surface area contributed by atoms with Gasteiger partial charge in [0.25, 0.3) is 0 Å². The van der Waals surface area contributed by atoms with Crippen LogP contribution in [0.2, 0.25) is 0 Å². The molecule has 4 heteroatoms. The summed E-state index contributed by atoms with van der Waals surface area (Å²) in [5.74, 6) is 2.17. The Morgan fingerprint density at radius 1 is 1.35 bits per heavy atom. The summed E-state index contributed by atoms with van der Waals surface area (Å²) in [6.45, 7) is 4.08. The monoisotopic (exact) mass is 275 g/mol. The highest BCUT2D eigenvalue weighted by Gasteiger charge is 2.28. The Hall–Kier alpha value is -1.45. The molecule has 0 radical (unpaired) electrons. The first-order valence-corrected chi connectivity index (χ1v) is 7.78. The third kappa shape index (κ3) is 3.35. The Morgan fingerprint density at radius 3 is 2.80 bits per heavy atom. The van der Waals surface area contributed by atoms with E-state index in [0.717, 1.165) is 19.0 Å². The van der Waals surface area contributed by atoms with Gasteiger partial charge in [0.15, 0.2) is 0 Å². The molecule has 1 aromatic heterocycles. The highest BCUT2D eigenvalue weighted by atomic mass is 16.5. The number of rotatable bonds is 6. The summed E-state index contributed by atoms with van der Waals surface area (Å²) in [5, 5.41) is 3.45. The third-order valence-electron chi connectivity index (χ3n) is 4.55. The van der Waals surface area contributed by atoms with Crippen molar-refractivity contribution in [2.24, 2.45) is 11.3 Å². The van der Waals surface area contributed by atoms with Crippen LogP contribution in [-0.4, -0.2) is 18.1 Å². The van der Waals surface area contributed by atoms with Gasteiger partial charge in [0.1, 0.15) is 5.82 Å². The van der Waals surface area contributed by atoms with Crippen LogP contribution in [0, 0.1) is 11.3 Å². The van der Waals surface area contributed by atoms with Crippen LogP contribution in [0.25, 0.3) is 0 Å². The minimum Gasteiger partial charge on any atom is -0.476 e. The topological polar surface area (TPSA) is 60.2 Å². The molecule has 2 saturated carbocycles. The molecule has 2 aliphatic rings. The lowest BCUT2D eigenvalue weighted by atomic mass is 9.89. The highest BCUT2D eigenvalue weighted by Crippen LogP contribution is 2.37. The number of pyridine rings is 1. The number of nitrogens with two attached hydrogens (primary N) is 1. The predicted molar refractivity (Wildman–Crippen MR) is 81.9 cm³/mol. The largest absolute Gasteiger partial charge is 0.476 e. The molecule has 0 aromatic carbocycles. The second-order valence-corrected chi connectivity index (χ2v) is 6.72. The smallest absolute Gasteiger partial charge is 0.239 e. The Balaban J connectivity index is 1.59. The average molecular weight is 275 g/mol. The summed E-state index contributed by atoms with van der Waals surface area (Å²) < 4.78 is 5.72. The first kappa shape index (κ1) is 13.5. The van der Waals surface area contributed by atoms with E-state index in [4.69, 9.17) is 10.5 Å². The van der Waals surface area contributed by atoms with Crippen molar-refractivity contribution in [3.63, 3.8) is 0 Å². The van der Waals surface area contributed by atoms with Crippen molar-refractivity contribution in [1.29, 1.82) is 0 Å². The molecule has 3 rings (SSSR count). The number of nitrogens with zero attached hydrogens (tertiary/aromatic N) is 1. The number of nitrogen functional groups attached to an aromatic ring is 1. The van der Waals surface area contributed by atoms with E-state index in [2.05, 4.69) is 17.2 Å². The van der Waals surface area contributed by atoms with Gasteiger partial charge >= 0.3 is 0 Å². The molecule has 0 saturated heterocycles. The molecule has 3 N–H and O–H groups in total. The molecule has 1 heterocycles. The van der Waals surface area contributed by atoms with E-state index >= 15 is 0 Å². The number of nitrogens with one attached hydrogen (secondary N) is 1. The van der Waals surface area contributed by atoms with Gasteiger partial charge in [-0.2, -0.15) is 4.98 Å². The molecule has 2 fully saturated rings. The van der Waals surface area contributed by atoms with E-state index in [1.807, 2.05) is 12.1 Å². The van der Waals surface area contributed by atoms with Crippen molar-refractivity contribution in [1.82, 2.24) is 4.98 Å². The van der Waals surface area contributed by atoms with Gasteiger partial charge in [0.2, 0.25) is 5.88 Å². The molecule has 1 aromatic rings. The Bertz CT molecular complexity index is 465. The first-order valence-electron chi connectivity index (χ1n) is 7.78. The lowest BCUT2D eigenvalue weighted by molar-refractivity contribution is 0.290. The molecule has 0 spiro atoms. The zero-order valence-electron chi connectivity index (χ0n) is 12.3. The van der Waals surface area contributed by atoms with Crippen molar-refractivity contribution in [2.75, 3.05) is 24.2 Å². The van der Waals surface area contributed by atoms with E-state index in [9.17, 15) is 0 Å². The van der Waals surface area contributed by atoms with E-state index in [0.29, 0.717) is 22.9 Å². The predicted octanol–water partition coefficient (Wildman–Crippen LogP) is 3.44.